The lowest BCUT2D eigenvalue weighted by Crippen LogP contribution is -2.51. The third-order valence-corrected chi connectivity index (χ3v) is 7.32. The van der Waals surface area contributed by atoms with Crippen molar-refractivity contribution in [3.63, 3.8) is 0 Å². The molecule has 2 N–H and O–H groups in total. The van der Waals surface area contributed by atoms with Crippen LogP contribution < -0.4 is 10.6 Å². The molecule has 0 atom stereocenters. The molecule has 31 heavy (non-hydrogen) atoms. The summed E-state index contributed by atoms with van der Waals surface area (Å²) in [5.41, 5.74) is 2.36. The van der Waals surface area contributed by atoms with Gasteiger partial charge in [0.05, 0.1) is 0 Å². The number of carbonyl (C=O) groups is 2. The molecule has 3 amide bonds. The monoisotopic (exact) mass is 449 g/mol. The summed E-state index contributed by atoms with van der Waals surface area (Å²) in [5.74, 6) is 0.139. The van der Waals surface area contributed by atoms with E-state index < -0.39 is 10.0 Å². The van der Waals surface area contributed by atoms with Crippen LogP contribution in [-0.2, 0) is 14.8 Å². The molecule has 1 aromatic carbocycles. The molecule has 0 saturated carbocycles. The zero-order valence-electron chi connectivity index (χ0n) is 18.1. The second-order valence-corrected chi connectivity index (χ2v) is 9.28. The van der Waals surface area contributed by atoms with Gasteiger partial charge in [-0.25, -0.2) is 13.2 Å². The van der Waals surface area contributed by atoms with Gasteiger partial charge >= 0.3 is 6.03 Å². The molecule has 10 nitrogen and oxygen atoms in total. The van der Waals surface area contributed by atoms with E-state index in [1.165, 1.54) is 4.31 Å². The van der Waals surface area contributed by atoms with Crippen LogP contribution in [0.2, 0.25) is 0 Å². The highest BCUT2D eigenvalue weighted by Gasteiger charge is 2.34. The van der Waals surface area contributed by atoms with Crippen molar-refractivity contribution in [2.24, 2.45) is 0 Å². The first-order chi connectivity index (χ1) is 14.6. The lowest BCUT2D eigenvalue weighted by atomic mass is 10.1. The number of hydrogen-bond acceptors (Lipinski definition) is 6. The maximum absolute atomic E-state index is 12.9. The number of anilines is 2. The predicted octanol–water partition coefficient (Wildman–Crippen LogP) is 2.49. The Balaban J connectivity index is 1.65. The summed E-state index contributed by atoms with van der Waals surface area (Å²) in [6, 6.07) is 4.97. The molecule has 1 aliphatic rings. The summed E-state index contributed by atoms with van der Waals surface area (Å²) < 4.78 is 32.2. The molecule has 1 fully saturated rings. The van der Waals surface area contributed by atoms with Crippen LogP contribution in [0.1, 0.15) is 30.4 Å². The second-order valence-electron chi connectivity index (χ2n) is 7.41. The molecule has 0 aliphatic carbocycles. The smallest absolute Gasteiger partial charge is 0.321 e. The van der Waals surface area contributed by atoms with Crippen molar-refractivity contribution >= 4 is 33.3 Å². The Kier molecular flexibility index (Phi) is 6.65. The number of aromatic nitrogens is 1. The SMILES string of the molecule is CCC(=O)Nc1ccc(C)c(NC(=O)N2CCN(S(=O)(=O)c3c(C)noc3C)CC2)c1. The number of piperazine rings is 1. The van der Waals surface area contributed by atoms with E-state index in [-0.39, 0.29) is 48.8 Å². The fraction of sp³-hybridized carbons (Fsp3) is 0.450. The zero-order valence-corrected chi connectivity index (χ0v) is 18.9. The van der Waals surface area contributed by atoms with E-state index >= 15 is 0 Å². The van der Waals surface area contributed by atoms with E-state index in [1.807, 2.05) is 13.0 Å². The lowest BCUT2D eigenvalue weighted by molar-refractivity contribution is -0.115. The highest BCUT2D eigenvalue weighted by Crippen LogP contribution is 2.25. The Labute approximate surface area is 181 Å². The minimum Gasteiger partial charge on any atom is -0.360 e. The van der Waals surface area contributed by atoms with Crippen LogP contribution in [-0.4, -0.2) is 60.9 Å². The van der Waals surface area contributed by atoms with Crippen molar-refractivity contribution in [2.45, 2.75) is 39.0 Å². The first-order valence-corrected chi connectivity index (χ1v) is 11.5. The number of rotatable bonds is 5. The number of carbonyl (C=O) groups excluding carboxylic acids is 2. The van der Waals surface area contributed by atoms with Crippen LogP contribution in [0.3, 0.4) is 0 Å². The molecule has 0 bridgehead atoms. The molecule has 2 heterocycles. The van der Waals surface area contributed by atoms with Crippen molar-refractivity contribution in [2.75, 3.05) is 36.8 Å². The largest absolute Gasteiger partial charge is 0.360 e. The number of urea groups is 1. The van der Waals surface area contributed by atoms with Crippen LogP contribution >= 0.6 is 0 Å². The van der Waals surface area contributed by atoms with E-state index in [9.17, 15) is 18.0 Å². The van der Waals surface area contributed by atoms with Gasteiger partial charge in [0, 0.05) is 44.0 Å². The Morgan fingerprint density at radius 2 is 1.77 bits per heavy atom. The van der Waals surface area contributed by atoms with Crippen molar-refractivity contribution < 1.29 is 22.5 Å². The van der Waals surface area contributed by atoms with Crippen molar-refractivity contribution in [1.82, 2.24) is 14.4 Å². The second kappa shape index (κ2) is 9.06. The third-order valence-electron chi connectivity index (χ3n) is 5.18. The number of hydrogen-bond donors (Lipinski definition) is 2. The van der Waals surface area contributed by atoms with Gasteiger partial charge in [0.25, 0.3) is 0 Å². The summed E-state index contributed by atoms with van der Waals surface area (Å²) in [7, 11) is -3.74. The average Bonchev–Trinajstić information content (AvgIpc) is 3.09. The number of nitrogens with one attached hydrogen (secondary N) is 2. The first kappa shape index (κ1) is 22.8. The van der Waals surface area contributed by atoms with Gasteiger partial charge < -0.3 is 20.1 Å². The minimum absolute atomic E-state index is 0.0898. The molecule has 168 valence electrons. The first-order valence-electron chi connectivity index (χ1n) is 10.0. The molecule has 1 saturated heterocycles. The van der Waals surface area contributed by atoms with Gasteiger partial charge in [-0.1, -0.05) is 18.1 Å². The van der Waals surface area contributed by atoms with E-state index in [2.05, 4.69) is 15.8 Å². The fourth-order valence-electron chi connectivity index (χ4n) is 3.38. The van der Waals surface area contributed by atoms with E-state index in [4.69, 9.17) is 4.52 Å². The molecule has 1 aromatic heterocycles. The Morgan fingerprint density at radius 3 is 2.35 bits per heavy atom. The molecule has 3 rings (SSSR count). The highest BCUT2D eigenvalue weighted by molar-refractivity contribution is 7.89. The van der Waals surface area contributed by atoms with E-state index in [1.54, 1.807) is 37.8 Å². The highest BCUT2D eigenvalue weighted by atomic mass is 32.2. The van der Waals surface area contributed by atoms with Gasteiger partial charge in [0.2, 0.25) is 15.9 Å². The van der Waals surface area contributed by atoms with Crippen molar-refractivity contribution in [3.05, 3.63) is 35.2 Å². The summed E-state index contributed by atoms with van der Waals surface area (Å²) in [6.07, 6.45) is 0.358. The molecule has 0 spiro atoms. The van der Waals surface area contributed by atoms with Gasteiger partial charge in [-0.2, -0.15) is 4.31 Å². The van der Waals surface area contributed by atoms with Gasteiger partial charge in [-0.05, 0) is 38.5 Å². The fourth-order valence-corrected chi connectivity index (χ4v) is 5.09. The van der Waals surface area contributed by atoms with Gasteiger partial charge in [0.1, 0.15) is 10.6 Å². The van der Waals surface area contributed by atoms with Crippen LogP contribution in [0.4, 0.5) is 16.2 Å². The molecule has 11 heteroatoms. The predicted molar refractivity (Wildman–Crippen MR) is 115 cm³/mol. The Morgan fingerprint density at radius 1 is 1.10 bits per heavy atom. The number of aryl methyl sites for hydroxylation is 3. The number of benzene rings is 1. The topological polar surface area (TPSA) is 125 Å². The normalized spacial score (nSPS) is 15.0. The number of sulfonamides is 1. The van der Waals surface area contributed by atoms with Crippen LogP contribution in [0.25, 0.3) is 0 Å². The van der Waals surface area contributed by atoms with E-state index in [0.717, 1.165) is 5.56 Å². The van der Waals surface area contributed by atoms with Crippen LogP contribution in [0.5, 0.6) is 0 Å². The number of nitrogens with zero attached hydrogens (tertiary/aromatic N) is 3. The quantitative estimate of drug-likeness (QED) is 0.723. The van der Waals surface area contributed by atoms with Crippen molar-refractivity contribution in [3.8, 4) is 0 Å². The zero-order chi connectivity index (χ0) is 22.8. The summed E-state index contributed by atoms with van der Waals surface area (Å²) in [6.45, 7) is 7.62. The number of amides is 3. The Hall–Kier alpha value is -2.92. The van der Waals surface area contributed by atoms with Crippen LogP contribution in [0.15, 0.2) is 27.6 Å². The summed E-state index contributed by atoms with van der Waals surface area (Å²) >= 11 is 0. The van der Waals surface area contributed by atoms with Gasteiger partial charge in [-0.3, -0.25) is 4.79 Å². The maximum Gasteiger partial charge on any atom is 0.321 e. The third kappa shape index (κ3) is 4.88. The van der Waals surface area contributed by atoms with Gasteiger partial charge in [0.15, 0.2) is 5.76 Å². The summed E-state index contributed by atoms with van der Waals surface area (Å²) in [5, 5.41) is 9.34. The molecule has 1 aliphatic heterocycles. The molecule has 0 unspecified atom stereocenters. The lowest BCUT2D eigenvalue weighted by Gasteiger charge is -2.34. The molecule has 0 radical (unpaired) electrons. The Bertz CT molecular complexity index is 1070. The minimum atomic E-state index is -3.74. The average molecular weight is 450 g/mol. The maximum atomic E-state index is 12.9. The van der Waals surface area contributed by atoms with Gasteiger partial charge in [-0.15, -0.1) is 0 Å². The van der Waals surface area contributed by atoms with E-state index in [0.29, 0.717) is 23.5 Å². The summed E-state index contributed by atoms with van der Waals surface area (Å²) in [4.78, 5) is 26.0. The van der Waals surface area contributed by atoms with Crippen LogP contribution in [0, 0.1) is 20.8 Å². The van der Waals surface area contributed by atoms with Crippen molar-refractivity contribution in [1.29, 1.82) is 0 Å². The standard InChI is InChI=1S/C20H27N5O5S/c1-5-18(26)21-16-7-6-13(2)17(12-16)22-20(27)24-8-10-25(11-9-24)31(28,29)19-14(3)23-30-15(19)4/h6-7,12H,5,8-11H2,1-4H3,(H,21,26)(H,22,27). The molecular weight excluding hydrogens is 422 g/mol. The molecular formula is C20H27N5O5S. The molecule has 2 aromatic rings.